The highest BCUT2D eigenvalue weighted by Crippen LogP contribution is 2.17. The molecular weight excluding hydrogens is 296 g/mol. The van der Waals surface area contributed by atoms with Gasteiger partial charge in [-0.05, 0) is 18.6 Å². The Kier molecular flexibility index (Phi) is 3.76. The summed E-state index contributed by atoms with van der Waals surface area (Å²) >= 11 is 3.46. The Morgan fingerprint density at radius 2 is 2.17 bits per heavy atom. The SMILES string of the molecule is Cc1nc(C(=O)N(C)Cc2ccccc2Br)n[nH]1. The molecule has 1 N–H and O–H groups in total. The van der Waals surface area contributed by atoms with Gasteiger partial charge < -0.3 is 4.90 Å². The summed E-state index contributed by atoms with van der Waals surface area (Å²) in [5, 5.41) is 6.52. The molecule has 1 amide bonds. The number of carbonyl (C=O) groups excluding carboxylic acids is 1. The van der Waals surface area contributed by atoms with Crippen molar-refractivity contribution < 1.29 is 4.79 Å². The minimum atomic E-state index is -0.199. The summed E-state index contributed by atoms with van der Waals surface area (Å²) in [4.78, 5) is 17.7. The minimum Gasteiger partial charge on any atom is -0.335 e. The van der Waals surface area contributed by atoms with Crippen molar-refractivity contribution in [3.63, 3.8) is 0 Å². The molecule has 1 heterocycles. The normalized spacial score (nSPS) is 10.4. The van der Waals surface area contributed by atoms with Crippen LogP contribution < -0.4 is 0 Å². The molecule has 0 aliphatic rings. The lowest BCUT2D eigenvalue weighted by molar-refractivity contribution is 0.0773. The van der Waals surface area contributed by atoms with Crippen LogP contribution in [0.25, 0.3) is 0 Å². The second kappa shape index (κ2) is 5.30. The molecule has 0 bridgehead atoms. The van der Waals surface area contributed by atoms with Crippen LogP contribution in [0, 0.1) is 6.92 Å². The van der Waals surface area contributed by atoms with Crippen molar-refractivity contribution in [1.29, 1.82) is 0 Å². The van der Waals surface area contributed by atoms with Crippen LogP contribution in [0.3, 0.4) is 0 Å². The Bertz CT molecular complexity index is 567. The first-order valence-corrected chi connectivity index (χ1v) is 6.25. The van der Waals surface area contributed by atoms with Gasteiger partial charge in [-0.15, -0.1) is 5.10 Å². The highest BCUT2D eigenvalue weighted by molar-refractivity contribution is 9.10. The molecule has 2 rings (SSSR count). The second-order valence-electron chi connectivity index (χ2n) is 4.00. The largest absolute Gasteiger partial charge is 0.335 e. The summed E-state index contributed by atoms with van der Waals surface area (Å²) in [5.41, 5.74) is 1.04. The maximum absolute atomic E-state index is 12.0. The average Bonchev–Trinajstić information content (AvgIpc) is 2.78. The van der Waals surface area contributed by atoms with Gasteiger partial charge in [-0.25, -0.2) is 4.98 Å². The maximum atomic E-state index is 12.0. The van der Waals surface area contributed by atoms with E-state index < -0.39 is 0 Å². The number of nitrogens with zero attached hydrogens (tertiary/aromatic N) is 3. The van der Waals surface area contributed by atoms with Crippen molar-refractivity contribution in [2.75, 3.05) is 7.05 Å². The van der Waals surface area contributed by atoms with Gasteiger partial charge in [-0.3, -0.25) is 9.89 Å². The Labute approximate surface area is 113 Å². The second-order valence-corrected chi connectivity index (χ2v) is 4.85. The molecule has 0 aliphatic heterocycles. The van der Waals surface area contributed by atoms with Crippen molar-refractivity contribution in [2.24, 2.45) is 0 Å². The molecule has 2 aromatic rings. The Hall–Kier alpha value is -1.69. The lowest BCUT2D eigenvalue weighted by Gasteiger charge is -2.16. The highest BCUT2D eigenvalue weighted by atomic mass is 79.9. The summed E-state index contributed by atoms with van der Waals surface area (Å²) < 4.78 is 0.982. The number of aromatic amines is 1. The number of aromatic nitrogens is 3. The fraction of sp³-hybridized carbons (Fsp3) is 0.250. The van der Waals surface area contributed by atoms with Crippen molar-refractivity contribution >= 4 is 21.8 Å². The van der Waals surface area contributed by atoms with Gasteiger partial charge in [-0.1, -0.05) is 34.1 Å². The smallest absolute Gasteiger partial charge is 0.293 e. The van der Waals surface area contributed by atoms with Crippen LogP contribution in [0.2, 0.25) is 0 Å². The molecule has 18 heavy (non-hydrogen) atoms. The maximum Gasteiger partial charge on any atom is 0.293 e. The Morgan fingerprint density at radius 3 is 2.78 bits per heavy atom. The predicted octanol–water partition coefficient (Wildman–Crippen LogP) is 2.15. The van der Waals surface area contributed by atoms with Gasteiger partial charge in [0.25, 0.3) is 5.91 Å². The van der Waals surface area contributed by atoms with E-state index in [0.29, 0.717) is 12.4 Å². The van der Waals surface area contributed by atoms with E-state index in [-0.39, 0.29) is 11.7 Å². The number of H-pyrrole nitrogens is 1. The molecule has 1 aromatic heterocycles. The molecule has 0 aliphatic carbocycles. The van der Waals surface area contributed by atoms with E-state index in [1.54, 1.807) is 18.9 Å². The number of halogens is 1. The number of amides is 1. The standard InChI is InChI=1S/C12H13BrN4O/c1-8-14-11(16-15-8)12(18)17(2)7-9-5-3-4-6-10(9)13/h3-6H,7H2,1-2H3,(H,14,15,16). The third-order valence-electron chi connectivity index (χ3n) is 2.50. The van der Waals surface area contributed by atoms with Gasteiger partial charge >= 0.3 is 0 Å². The summed E-state index contributed by atoms with van der Waals surface area (Å²) in [6, 6.07) is 7.80. The zero-order valence-corrected chi connectivity index (χ0v) is 11.7. The number of carbonyl (C=O) groups is 1. The molecule has 0 fully saturated rings. The molecule has 0 saturated heterocycles. The van der Waals surface area contributed by atoms with Gasteiger partial charge in [0.05, 0.1) is 0 Å². The van der Waals surface area contributed by atoms with Gasteiger partial charge in [0, 0.05) is 18.1 Å². The fourth-order valence-electron chi connectivity index (χ4n) is 1.56. The number of nitrogens with one attached hydrogen (secondary N) is 1. The first-order chi connectivity index (χ1) is 8.58. The molecule has 94 valence electrons. The molecule has 1 aromatic carbocycles. The van der Waals surface area contributed by atoms with Gasteiger partial charge in [-0.2, -0.15) is 0 Å². The first-order valence-electron chi connectivity index (χ1n) is 5.46. The molecular formula is C12H13BrN4O. The molecule has 0 unspecified atom stereocenters. The van der Waals surface area contributed by atoms with Crippen LogP contribution in [-0.4, -0.2) is 33.0 Å². The molecule has 0 atom stereocenters. The lowest BCUT2D eigenvalue weighted by atomic mass is 10.2. The minimum absolute atomic E-state index is 0.196. The highest BCUT2D eigenvalue weighted by Gasteiger charge is 2.17. The Balaban J connectivity index is 2.11. The number of rotatable bonds is 3. The summed E-state index contributed by atoms with van der Waals surface area (Å²) in [7, 11) is 1.73. The van der Waals surface area contributed by atoms with Gasteiger partial charge in [0.1, 0.15) is 5.82 Å². The van der Waals surface area contributed by atoms with E-state index in [1.807, 2.05) is 24.3 Å². The quantitative estimate of drug-likeness (QED) is 0.945. The number of aryl methyl sites for hydroxylation is 1. The van der Waals surface area contributed by atoms with Crippen molar-refractivity contribution in [2.45, 2.75) is 13.5 Å². The zero-order valence-electron chi connectivity index (χ0n) is 10.1. The van der Waals surface area contributed by atoms with Crippen LogP contribution in [-0.2, 0) is 6.54 Å². The third-order valence-corrected chi connectivity index (χ3v) is 3.27. The Morgan fingerprint density at radius 1 is 1.44 bits per heavy atom. The monoisotopic (exact) mass is 308 g/mol. The molecule has 0 radical (unpaired) electrons. The van der Waals surface area contributed by atoms with Crippen molar-refractivity contribution in [3.05, 3.63) is 46.0 Å². The molecule has 6 heteroatoms. The van der Waals surface area contributed by atoms with Gasteiger partial charge in [0.15, 0.2) is 0 Å². The predicted molar refractivity (Wildman–Crippen MR) is 71.1 cm³/mol. The summed E-state index contributed by atoms with van der Waals surface area (Å²) in [5.74, 6) is 0.629. The van der Waals surface area contributed by atoms with E-state index in [9.17, 15) is 4.79 Å². The number of hydrogen-bond acceptors (Lipinski definition) is 3. The zero-order chi connectivity index (χ0) is 13.1. The van der Waals surface area contributed by atoms with Gasteiger partial charge in [0.2, 0.25) is 5.82 Å². The van der Waals surface area contributed by atoms with E-state index in [4.69, 9.17) is 0 Å². The van der Waals surface area contributed by atoms with Crippen molar-refractivity contribution in [3.8, 4) is 0 Å². The summed E-state index contributed by atoms with van der Waals surface area (Å²) in [6.45, 7) is 2.27. The summed E-state index contributed by atoms with van der Waals surface area (Å²) in [6.07, 6.45) is 0. The lowest BCUT2D eigenvalue weighted by Crippen LogP contribution is -2.27. The molecule has 0 spiro atoms. The topological polar surface area (TPSA) is 61.9 Å². The van der Waals surface area contributed by atoms with Crippen LogP contribution in [0.5, 0.6) is 0 Å². The van der Waals surface area contributed by atoms with E-state index in [1.165, 1.54) is 0 Å². The molecule has 5 nitrogen and oxygen atoms in total. The van der Waals surface area contributed by atoms with Crippen LogP contribution in [0.15, 0.2) is 28.7 Å². The third kappa shape index (κ3) is 2.76. The average molecular weight is 309 g/mol. The van der Waals surface area contributed by atoms with Crippen LogP contribution in [0.1, 0.15) is 22.0 Å². The van der Waals surface area contributed by atoms with Crippen LogP contribution in [0.4, 0.5) is 0 Å². The van der Waals surface area contributed by atoms with E-state index >= 15 is 0 Å². The van der Waals surface area contributed by atoms with E-state index in [0.717, 1.165) is 10.0 Å². The number of benzene rings is 1. The fourth-order valence-corrected chi connectivity index (χ4v) is 1.97. The van der Waals surface area contributed by atoms with Crippen molar-refractivity contribution in [1.82, 2.24) is 20.1 Å². The van der Waals surface area contributed by atoms with Crippen LogP contribution >= 0.6 is 15.9 Å². The van der Waals surface area contributed by atoms with E-state index in [2.05, 4.69) is 31.1 Å². The molecule has 0 saturated carbocycles. The first kappa shape index (κ1) is 12.8. The number of hydrogen-bond donors (Lipinski definition) is 1.